The fourth-order valence-electron chi connectivity index (χ4n) is 1.28. The number of Topliss-reactive ketones (excluding diaryl/α,β-unsaturated/α-hetero) is 1. The molecule has 0 aromatic heterocycles. The predicted octanol–water partition coefficient (Wildman–Crippen LogP) is 3.01. The molecular weight excluding hydrogens is 200 g/mol. The van der Waals surface area contributed by atoms with Gasteiger partial charge in [0.05, 0.1) is 11.6 Å². The molecule has 15 heavy (non-hydrogen) atoms. The highest BCUT2D eigenvalue weighted by Crippen LogP contribution is 2.26. The minimum Gasteiger partial charge on any atom is -0.295 e. The van der Waals surface area contributed by atoms with Crippen LogP contribution in [0.5, 0.6) is 0 Å². The van der Waals surface area contributed by atoms with Gasteiger partial charge < -0.3 is 0 Å². The first-order valence-corrected chi connectivity index (χ1v) is 4.31. The summed E-state index contributed by atoms with van der Waals surface area (Å²) in [5.41, 5.74) is 0.252. The summed E-state index contributed by atoms with van der Waals surface area (Å²) in [4.78, 5) is 11.0. The molecule has 0 fully saturated rings. The fraction of sp³-hybridized carbons (Fsp3) is 0.273. The third-order valence-corrected chi connectivity index (χ3v) is 2.21. The van der Waals surface area contributed by atoms with Crippen molar-refractivity contribution >= 4 is 5.78 Å². The topological polar surface area (TPSA) is 40.9 Å². The van der Waals surface area contributed by atoms with Crippen LogP contribution in [0.25, 0.3) is 0 Å². The molecule has 1 aromatic carbocycles. The fourth-order valence-corrected chi connectivity index (χ4v) is 1.28. The Morgan fingerprint density at radius 3 is 2.47 bits per heavy atom. The zero-order chi connectivity index (χ0) is 11.6. The van der Waals surface area contributed by atoms with Crippen LogP contribution >= 0.6 is 0 Å². The Morgan fingerprint density at radius 1 is 1.47 bits per heavy atom. The minimum absolute atomic E-state index is 0.123. The molecule has 1 rings (SSSR count). The number of carbonyl (C=O) groups is 1. The number of benzene rings is 1. The molecule has 0 aliphatic rings. The summed E-state index contributed by atoms with van der Waals surface area (Å²) in [5, 5.41) is 8.72. The number of alkyl halides is 2. The van der Waals surface area contributed by atoms with Crippen LogP contribution < -0.4 is 0 Å². The maximum Gasteiger partial charge on any atom is 0.264 e. The Bertz CT molecular complexity index is 447. The van der Waals surface area contributed by atoms with Crippen molar-refractivity contribution in [3.8, 4) is 6.07 Å². The van der Waals surface area contributed by atoms with E-state index in [1.165, 1.54) is 19.9 Å². The monoisotopic (exact) mass is 209 g/mol. The lowest BCUT2D eigenvalue weighted by atomic mass is 9.98. The van der Waals surface area contributed by atoms with Crippen molar-refractivity contribution in [1.29, 1.82) is 5.26 Å². The van der Waals surface area contributed by atoms with Gasteiger partial charge in [-0.2, -0.15) is 5.26 Å². The lowest BCUT2D eigenvalue weighted by molar-refractivity contribution is 0.101. The Balaban J connectivity index is 3.47. The van der Waals surface area contributed by atoms with E-state index in [-0.39, 0.29) is 28.0 Å². The Morgan fingerprint density at radius 2 is 2.07 bits per heavy atom. The van der Waals surface area contributed by atoms with E-state index >= 15 is 0 Å². The number of nitriles is 1. The van der Waals surface area contributed by atoms with Gasteiger partial charge in [0, 0.05) is 11.1 Å². The number of hydrogen-bond donors (Lipinski definition) is 0. The first-order valence-electron chi connectivity index (χ1n) is 4.31. The SMILES string of the molecule is CC(=O)c1cc(C#N)c(C)c(C(F)F)c1. The molecule has 4 heteroatoms. The molecular formula is C11H9F2NO. The van der Waals surface area contributed by atoms with Crippen LogP contribution in [0.4, 0.5) is 8.78 Å². The van der Waals surface area contributed by atoms with Gasteiger partial charge in [-0.05, 0) is 31.5 Å². The van der Waals surface area contributed by atoms with Gasteiger partial charge in [0.1, 0.15) is 0 Å². The molecule has 0 aliphatic heterocycles. The number of nitrogens with zero attached hydrogens (tertiary/aromatic N) is 1. The lowest BCUT2D eigenvalue weighted by Gasteiger charge is -2.08. The van der Waals surface area contributed by atoms with Gasteiger partial charge >= 0.3 is 0 Å². The minimum atomic E-state index is -2.67. The second kappa shape index (κ2) is 4.18. The number of halogens is 2. The normalized spacial score (nSPS) is 10.1. The van der Waals surface area contributed by atoms with Crippen molar-refractivity contribution in [2.75, 3.05) is 0 Å². The van der Waals surface area contributed by atoms with Crippen molar-refractivity contribution in [3.63, 3.8) is 0 Å². The molecule has 0 atom stereocenters. The maximum atomic E-state index is 12.6. The lowest BCUT2D eigenvalue weighted by Crippen LogP contribution is -2.00. The molecule has 0 unspecified atom stereocenters. The molecule has 1 aromatic rings. The van der Waals surface area contributed by atoms with Crippen LogP contribution in [-0.4, -0.2) is 5.78 Å². The van der Waals surface area contributed by atoms with E-state index in [2.05, 4.69) is 0 Å². The molecule has 0 N–H and O–H groups in total. The van der Waals surface area contributed by atoms with Crippen LogP contribution in [0, 0.1) is 18.3 Å². The van der Waals surface area contributed by atoms with Gasteiger partial charge in [-0.3, -0.25) is 4.79 Å². The van der Waals surface area contributed by atoms with Crippen LogP contribution in [0.1, 0.15) is 40.4 Å². The van der Waals surface area contributed by atoms with Crippen molar-refractivity contribution < 1.29 is 13.6 Å². The molecule has 0 spiro atoms. The third kappa shape index (κ3) is 2.18. The molecule has 0 amide bonds. The molecule has 0 heterocycles. The van der Waals surface area contributed by atoms with Gasteiger partial charge in [0.15, 0.2) is 5.78 Å². The summed E-state index contributed by atoms with van der Waals surface area (Å²) in [6.07, 6.45) is -2.67. The van der Waals surface area contributed by atoms with Crippen molar-refractivity contribution in [2.24, 2.45) is 0 Å². The first-order chi connectivity index (χ1) is 6.97. The second-order valence-electron chi connectivity index (χ2n) is 3.21. The summed E-state index contributed by atoms with van der Waals surface area (Å²) in [6.45, 7) is 2.73. The molecule has 0 bridgehead atoms. The summed E-state index contributed by atoms with van der Waals surface area (Å²) in [5.74, 6) is -0.326. The Labute approximate surface area is 86.1 Å². The number of rotatable bonds is 2. The van der Waals surface area contributed by atoms with Gasteiger partial charge in [-0.1, -0.05) is 0 Å². The summed E-state index contributed by atoms with van der Waals surface area (Å²) < 4.78 is 25.1. The van der Waals surface area contributed by atoms with E-state index in [4.69, 9.17) is 5.26 Å². The Kier molecular flexibility index (Phi) is 3.15. The number of hydrogen-bond acceptors (Lipinski definition) is 2. The second-order valence-corrected chi connectivity index (χ2v) is 3.21. The standard InChI is InChI=1S/C11H9F2NO/c1-6-9(5-14)3-8(7(2)15)4-10(6)11(12)13/h3-4,11H,1-2H3. The summed E-state index contributed by atoms with van der Waals surface area (Å²) >= 11 is 0. The molecule has 78 valence electrons. The van der Waals surface area contributed by atoms with E-state index < -0.39 is 6.43 Å². The molecule has 0 radical (unpaired) electrons. The molecule has 0 saturated carbocycles. The van der Waals surface area contributed by atoms with Crippen LogP contribution in [-0.2, 0) is 0 Å². The molecule has 0 aliphatic carbocycles. The average molecular weight is 209 g/mol. The van der Waals surface area contributed by atoms with Gasteiger partial charge in [0.25, 0.3) is 6.43 Å². The molecule has 0 saturated heterocycles. The van der Waals surface area contributed by atoms with Gasteiger partial charge in [-0.25, -0.2) is 8.78 Å². The van der Waals surface area contributed by atoms with E-state index in [0.29, 0.717) is 0 Å². The van der Waals surface area contributed by atoms with Crippen molar-refractivity contribution in [2.45, 2.75) is 20.3 Å². The van der Waals surface area contributed by atoms with E-state index in [0.717, 1.165) is 6.07 Å². The highest BCUT2D eigenvalue weighted by atomic mass is 19.3. The first kappa shape index (κ1) is 11.3. The van der Waals surface area contributed by atoms with E-state index in [1.54, 1.807) is 6.07 Å². The quantitative estimate of drug-likeness (QED) is 0.702. The smallest absolute Gasteiger partial charge is 0.264 e. The van der Waals surface area contributed by atoms with Crippen LogP contribution in [0.15, 0.2) is 12.1 Å². The maximum absolute atomic E-state index is 12.6. The zero-order valence-electron chi connectivity index (χ0n) is 8.34. The van der Waals surface area contributed by atoms with Crippen molar-refractivity contribution in [1.82, 2.24) is 0 Å². The highest BCUT2D eigenvalue weighted by Gasteiger charge is 2.16. The van der Waals surface area contributed by atoms with Crippen molar-refractivity contribution in [3.05, 3.63) is 34.4 Å². The molecule has 2 nitrogen and oxygen atoms in total. The summed E-state index contributed by atoms with van der Waals surface area (Å²) in [7, 11) is 0. The largest absolute Gasteiger partial charge is 0.295 e. The van der Waals surface area contributed by atoms with E-state index in [1.807, 2.05) is 0 Å². The van der Waals surface area contributed by atoms with Gasteiger partial charge in [-0.15, -0.1) is 0 Å². The average Bonchev–Trinajstić information content (AvgIpc) is 2.17. The number of carbonyl (C=O) groups excluding carboxylic acids is 1. The van der Waals surface area contributed by atoms with Crippen LogP contribution in [0.2, 0.25) is 0 Å². The number of ketones is 1. The van der Waals surface area contributed by atoms with E-state index in [9.17, 15) is 13.6 Å². The Hall–Kier alpha value is -1.76. The summed E-state index contributed by atoms with van der Waals surface area (Å²) in [6, 6.07) is 4.28. The van der Waals surface area contributed by atoms with Gasteiger partial charge in [0.2, 0.25) is 0 Å². The van der Waals surface area contributed by atoms with Crippen LogP contribution in [0.3, 0.4) is 0 Å². The highest BCUT2D eigenvalue weighted by molar-refractivity contribution is 5.94. The third-order valence-electron chi connectivity index (χ3n) is 2.21. The predicted molar refractivity (Wildman–Crippen MR) is 50.9 cm³/mol. The zero-order valence-corrected chi connectivity index (χ0v) is 8.34.